The normalized spacial score (nSPS) is 17.1. The van der Waals surface area contributed by atoms with Gasteiger partial charge in [-0.1, -0.05) is 45.9 Å². The number of hydrogen-bond donors (Lipinski definition) is 0. The van der Waals surface area contributed by atoms with Crippen LogP contribution in [0.1, 0.15) is 50.3 Å². The fraction of sp³-hybridized carbons (Fsp3) is 0.360. The number of hydrogen-bond acceptors (Lipinski definition) is 4. The fourth-order valence-corrected chi connectivity index (χ4v) is 4.37. The molecule has 5 heteroatoms. The van der Waals surface area contributed by atoms with E-state index in [1.165, 1.54) is 11.8 Å². The predicted molar refractivity (Wildman–Crippen MR) is 127 cm³/mol. The van der Waals surface area contributed by atoms with Crippen LogP contribution in [0.2, 0.25) is 0 Å². The molecule has 1 heterocycles. The lowest BCUT2D eigenvalue weighted by molar-refractivity contribution is -0.122. The maximum atomic E-state index is 13.2. The van der Waals surface area contributed by atoms with Crippen LogP contribution in [0.5, 0.6) is 5.75 Å². The Labute approximate surface area is 184 Å². The molecule has 0 atom stereocenters. The molecular formula is C25H30N2O2S. The molecule has 0 saturated carbocycles. The lowest BCUT2D eigenvalue weighted by atomic mass is 9.96. The zero-order chi connectivity index (χ0) is 21.8. The van der Waals surface area contributed by atoms with Gasteiger partial charge in [0.05, 0.1) is 17.7 Å². The lowest BCUT2D eigenvalue weighted by Crippen LogP contribution is -2.32. The highest BCUT2D eigenvalue weighted by molar-refractivity contribution is 8.18. The zero-order valence-corrected chi connectivity index (χ0v) is 19.4. The van der Waals surface area contributed by atoms with E-state index in [1.54, 1.807) is 12.0 Å². The molecule has 30 heavy (non-hydrogen) atoms. The van der Waals surface area contributed by atoms with E-state index in [9.17, 15) is 4.79 Å². The average Bonchev–Trinajstić information content (AvgIpc) is 2.98. The minimum Gasteiger partial charge on any atom is -0.496 e. The highest BCUT2D eigenvalue weighted by atomic mass is 32.2. The standard InChI is InChI=1S/C25H30N2O2S/c1-16(2)15-27-24(28)23(30-25(27)26-20-10-8-7-9-11-20)14-19-13-21(17(3)4)22(29-6)12-18(19)5/h7-14,16-17H,15H2,1-6H3/b23-14+,26-25?. The van der Waals surface area contributed by atoms with Crippen molar-refractivity contribution in [2.24, 2.45) is 10.9 Å². The Hall–Kier alpha value is -2.53. The molecular weight excluding hydrogens is 392 g/mol. The first kappa shape index (κ1) is 22.2. The Morgan fingerprint density at radius 3 is 2.43 bits per heavy atom. The second-order valence-corrected chi connectivity index (χ2v) is 9.26. The summed E-state index contributed by atoms with van der Waals surface area (Å²) >= 11 is 1.45. The van der Waals surface area contributed by atoms with Gasteiger partial charge in [-0.15, -0.1) is 0 Å². The molecule has 158 valence electrons. The molecule has 0 radical (unpaired) electrons. The summed E-state index contributed by atoms with van der Waals surface area (Å²) in [6, 6.07) is 14.0. The Morgan fingerprint density at radius 1 is 1.13 bits per heavy atom. The molecule has 1 aliphatic rings. The van der Waals surface area contributed by atoms with Gasteiger partial charge in [0.25, 0.3) is 5.91 Å². The van der Waals surface area contributed by atoms with Gasteiger partial charge in [-0.2, -0.15) is 0 Å². The molecule has 0 N–H and O–H groups in total. The number of aryl methyl sites for hydroxylation is 1. The number of thioether (sulfide) groups is 1. The molecule has 0 aromatic heterocycles. The van der Waals surface area contributed by atoms with Gasteiger partial charge >= 0.3 is 0 Å². The number of amides is 1. The largest absolute Gasteiger partial charge is 0.496 e. The van der Waals surface area contributed by atoms with E-state index in [4.69, 9.17) is 9.73 Å². The number of aliphatic imine (C=N–C) groups is 1. The first-order valence-electron chi connectivity index (χ1n) is 10.3. The number of amidine groups is 1. The minimum absolute atomic E-state index is 0.0182. The van der Waals surface area contributed by atoms with Crippen molar-refractivity contribution >= 4 is 34.6 Å². The van der Waals surface area contributed by atoms with Crippen molar-refractivity contribution in [3.8, 4) is 5.75 Å². The number of carbonyl (C=O) groups is 1. The first-order chi connectivity index (χ1) is 14.3. The molecule has 4 nitrogen and oxygen atoms in total. The summed E-state index contributed by atoms with van der Waals surface area (Å²) in [5.74, 6) is 1.59. The number of benzene rings is 2. The molecule has 1 saturated heterocycles. The topological polar surface area (TPSA) is 41.9 Å². The van der Waals surface area contributed by atoms with E-state index in [0.29, 0.717) is 23.3 Å². The molecule has 0 aliphatic carbocycles. The van der Waals surface area contributed by atoms with Crippen LogP contribution in [0.15, 0.2) is 52.4 Å². The second-order valence-electron chi connectivity index (χ2n) is 8.26. The average molecular weight is 423 g/mol. The van der Waals surface area contributed by atoms with Gasteiger partial charge in [0.15, 0.2) is 5.17 Å². The minimum atomic E-state index is 0.0182. The van der Waals surface area contributed by atoms with E-state index < -0.39 is 0 Å². The summed E-state index contributed by atoms with van der Waals surface area (Å²) in [6.07, 6.45) is 1.99. The summed E-state index contributed by atoms with van der Waals surface area (Å²) in [6.45, 7) is 11.2. The van der Waals surface area contributed by atoms with Crippen molar-refractivity contribution in [3.05, 3.63) is 64.1 Å². The Morgan fingerprint density at radius 2 is 1.83 bits per heavy atom. The zero-order valence-electron chi connectivity index (χ0n) is 18.6. The SMILES string of the molecule is COc1cc(C)c(/C=C2/SC(=Nc3ccccc3)N(CC(C)C)C2=O)cc1C(C)C. The van der Waals surface area contributed by atoms with E-state index >= 15 is 0 Å². The number of para-hydroxylation sites is 1. The highest BCUT2D eigenvalue weighted by Gasteiger charge is 2.33. The van der Waals surface area contributed by atoms with Gasteiger partial charge in [0.1, 0.15) is 5.75 Å². The summed E-state index contributed by atoms with van der Waals surface area (Å²) in [4.78, 5) is 20.5. The van der Waals surface area contributed by atoms with E-state index in [2.05, 4.69) is 39.8 Å². The number of methoxy groups -OCH3 is 1. The van der Waals surface area contributed by atoms with Gasteiger partial charge in [0, 0.05) is 6.54 Å². The summed E-state index contributed by atoms with van der Waals surface area (Å²) in [7, 11) is 1.70. The van der Waals surface area contributed by atoms with Crippen molar-refractivity contribution in [3.63, 3.8) is 0 Å². The fourth-order valence-electron chi connectivity index (χ4n) is 3.37. The van der Waals surface area contributed by atoms with Gasteiger partial charge < -0.3 is 4.74 Å². The van der Waals surface area contributed by atoms with Gasteiger partial charge in [-0.25, -0.2) is 4.99 Å². The van der Waals surface area contributed by atoms with E-state index in [0.717, 1.165) is 33.3 Å². The van der Waals surface area contributed by atoms with Crippen LogP contribution < -0.4 is 4.74 Å². The molecule has 1 aliphatic heterocycles. The molecule has 0 unspecified atom stereocenters. The summed E-state index contributed by atoms with van der Waals surface area (Å²) in [5, 5.41) is 0.737. The third-order valence-corrected chi connectivity index (χ3v) is 5.95. The number of carbonyl (C=O) groups excluding carboxylic acids is 1. The van der Waals surface area contributed by atoms with Gasteiger partial charge in [-0.3, -0.25) is 9.69 Å². The van der Waals surface area contributed by atoms with Crippen LogP contribution in [-0.4, -0.2) is 29.6 Å². The van der Waals surface area contributed by atoms with Crippen molar-refractivity contribution in [2.45, 2.75) is 40.5 Å². The van der Waals surface area contributed by atoms with Crippen molar-refractivity contribution in [1.82, 2.24) is 4.90 Å². The Bertz CT molecular complexity index is 978. The maximum Gasteiger partial charge on any atom is 0.266 e. The smallest absolute Gasteiger partial charge is 0.266 e. The molecule has 1 amide bonds. The van der Waals surface area contributed by atoms with E-state index in [-0.39, 0.29) is 5.91 Å². The van der Waals surface area contributed by atoms with Crippen LogP contribution in [0.25, 0.3) is 6.08 Å². The Balaban J connectivity index is 2.02. The molecule has 2 aromatic rings. The van der Waals surface area contributed by atoms with Crippen molar-refractivity contribution < 1.29 is 9.53 Å². The highest BCUT2D eigenvalue weighted by Crippen LogP contribution is 2.37. The quantitative estimate of drug-likeness (QED) is 0.507. The van der Waals surface area contributed by atoms with Gasteiger partial charge in [0.2, 0.25) is 0 Å². The van der Waals surface area contributed by atoms with Crippen LogP contribution in [-0.2, 0) is 4.79 Å². The number of nitrogens with zero attached hydrogens (tertiary/aromatic N) is 2. The molecule has 1 fully saturated rings. The second kappa shape index (κ2) is 9.52. The predicted octanol–water partition coefficient (Wildman–Crippen LogP) is 6.39. The van der Waals surface area contributed by atoms with Crippen molar-refractivity contribution in [2.75, 3.05) is 13.7 Å². The lowest BCUT2D eigenvalue weighted by Gasteiger charge is -2.17. The van der Waals surface area contributed by atoms with Crippen LogP contribution >= 0.6 is 11.8 Å². The molecule has 2 aromatic carbocycles. The molecule has 0 bridgehead atoms. The first-order valence-corrected chi connectivity index (χ1v) is 11.2. The number of rotatable bonds is 6. The Kier molecular flexibility index (Phi) is 7.03. The summed E-state index contributed by atoms with van der Waals surface area (Å²) in [5.41, 5.74) is 4.12. The third-order valence-electron chi connectivity index (χ3n) is 4.94. The van der Waals surface area contributed by atoms with Crippen LogP contribution in [0, 0.1) is 12.8 Å². The van der Waals surface area contributed by atoms with E-state index in [1.807, 2.05) is 43.3 Å². The molecule has 3 rings (SSSR count). The molecule has 0 spiro atoms. The van der Waals surface area contributed by atoms with Crippen molar-refractivity contribution in [1.29, 1.82) is 0 Å². The number of ether oxygens (including phenoxy) is 1. The third kappa shape index (κ3) is 4.96. The summed E-state index contributed by atoms with van der Waals surface area (Å²) < 4.78 is 5.56. The van der Waals surface area contributed by atoms with Crippen LogP contribution in [0.3, 0.4) is 0 Å². The maximum absolute atomic E-state index is 13.2. The van der Waals surface area contributed by atoms with Crippen LogP contribution in [0.4, 0.5) is 5.69 Å². The monoisotopic (exact) mass is 422 g/mol. The van der Waals surface area contributed by atoms with Gasteiger partial charge in [-0.05, 0) is 77.6 Å².